The Morgan fingerprint density at radius 1 is 1.29 bits per heavy atom. The Morgan fingerprint density at radius 3 is 2.76 bits per heavy atom. The van der Waals surface area contributed by atoms with Crippen LogP contribution in [0.4, 0.5) is 13.2 Å². The molecule has 0 saturated carbocycles. The molecule has 0 spiro atoms. The lowest BCUT2D eigenvalue weighted by molar-refractivity contribution is 0.368. The SMILES string of the molecule is FCc1cc(F)c(F)c(CC2CCCNC2)c1. The molecule has 1 fully saturated rings. The average Bonchev–Trinajstić information content (AvgIpc) is 2.36. The highest BCUT2D eigenvalue weighted by molar-refractivity contribution is 5.26. The van der Waals surface area contributed by atoms with Crippen molar-refractivity contribution in [2.75, 3.05) is 13.1 Å². The molecule has 2 rings (SSSR count). The Balaban J connectivity index is 2.15. The van der Waals surface area contributed by atoms with E-state index in [-0.39, 0.29) is 5.56 Å². The predicted octanol–water partition coefficient (Wildman–Crippen LogP) is 2.98. The molecule has 1 aromatic rings. The van der Waals surface area contributed by atoms with Crippen LogP contribution in [0.3, 0.4) is 0 Å². The molecule has 1 unspecified atom stereocenters. The third-order valence-electron chi connectivity index (χ3n) is 3.23. The first-order valence-electron chi connectivity index (χ1n) is 5.94. The standard InChI is InChI=1S/C13H16F3N/c14-7-10-5-11(13(16)12(15)6-10)4-9-2-1-3-17-8-9/h5-6,9,17H,1-4,7-8H2. The lowest BCUT2D eigenvalue weighted by Crippen LogP contribution is -2.31. The van der Waals surface area contributed by atoms with E-state index in [1.54, 1.807) is 0 Å². The number of hydrogen-bond donors (Lipinski definition) is 1. The van der Waals surface area contributed by atoms with Crippen LogP contribution in [0.2, 0.25) is 0 Å². The van der Waals surface area contributed by atoms with Crippen LogP contribution in [0.1, 0.15) is 24.0 Å². The molecule has 17 heavy (non-hydrogen) atoms. The number of alkyl halides is 1. The van der Waals surface area contributed by atoms with E-state index in [9.17, 15) is 13.2 Å². The summed E-state index contributed by atoms with van der Waals surface area (Å²) in [5, 5.41) is 3.23. The zero-order valence-electron chi connectivity index (χ0n) is 9.61. The largest absolute Gasteiger partial charge is 0.316 e. The fourth-order valence-corrected chi connectivity index (χ4v) is 2.34. The molecule has 4 heteroatoms. The molecule has 1 atom stereocenters. The van der Waals surface area contributed by atoms with Gasteiger partial charge in [-0.15, -0.1) is 0 Å². The second-order valence-corrected chi connectivity index (χ2v) is 4.60. The first kappa shape index (κ1) is 12.4. The number of hydrogen-bond acceptors (Lipinski definition) is 1. The highest BCUT2D eigenvalue weighted by Gasteiger charge is 2.18. The van der Waals surface area contributed by atoms with Gasteiger partial charge < -0.3 is 5.32 Å². The molecule has 1 saturated heterocycles. The molecule has 94 valence electrons. The minimum atomic E-state index is -0.945. The van der Waals surface area contributed by atoms with Crippen LogP contribution in [0, 0.1) is 17.6 Å². The summed E-state index contributed by atoms with van der Waals surface area (Å²) in [6.07, 6.45) is 2.54. The van der Waals surface area contributed by atoms with Gasteiger partial charge in [0.2, 0.25) is 0 Å². The zero-order valence-corrected chi connectivity index (χ0v) is 9.61. The monoisotopic (exact) mass is 243 g/mol. The van der Waals surface area contributed by atoms with Gasteiger partial charge in [-0.2, -0.15) is 0 Å². The lowest BCUT2D eigenvalue weighted by atomic mass is 9.91. The highest BCUT2D eigenvalue weighted by atomic mass is 19.2. The summed E-state index contributed by atoms with van der Waals surface area (Å²) in [6, 6.07) is 2.37. The molecular weight excluding hydrogens is 227 g/mol. The van der Waals surface area contributed by atoms with Crippen molar-refractivity contribution in [1.29, 1.82) is 0 Å². The quantitative estimate of drug-likeness (QED) is 0.860. The molecule has 0 radical (unpaired) electrons. The van der Waals surface area contributed by atoms with Gasteiger partial charge in [-0.25, -0.2) is 13.2 Å². The topological polar surface area (TPSA) is 12.0 Å². The third kappa shape index (κ3) is 3.00. The van der Waals surface area contributed by atoms with E-state index in [1.165, 1.54) is 6.07 Å². The molecule has 1 heterocycles. The molecule has 1 aliphatic rings. The van der Waals surface area contributed by atoms with Gasteiger partial charge in [0.25, 0.3) is 0 Å². The third-order valence-corrected chi connectivity index (χ3v) is 3.23. The lowest BCUT2D eigenvalue weighted by Gasteiger charge is -2.23. The molecule has 1 nitrogen and oxygen atoms in total. The van der Waals surface area contributed by atoms with Crippen LogP contribution in [0.25, 0.3) is 0 Å². The maximum Gasteiger partial charge on any atom is 0.162 e. The minimum Gasteiger partial charge on any atom is -0.316 e. The van der Waals surface area contributed by atoms with Crippen molar-refractivity contribution in [2.45, 2.75) is 25.9 Å². The molecule has 1 aromatic carbocycles. The van der Waals surface area contributed by atoms with Crippen molar-refractivity contribution in [3.63, 3.8) is 0 Å². The Morgan fingerprint density at radius 2 is 2.12 bits per heavy atom. The van der Waals surface area contributed by atoms with Gasteiger partial charge in [0.15, 0.2) is 11.6 Å². The predicted molar refractivity (Wildman–Crippen MR) is 60.5 cm³/mol. The second-order valence-electron chi connectivity index (χ2n) is 4.60. The van der Waals surface area contributed by atoms with E-state index in [4.69, 9.17) is 0 Å². The fourth-order valence-electron chi connectivity index (χ4n) is 2.34. The minimum absolute atomic E-state index is 0.211. The van der Waals surface area contributed by atoms with Crippen LogP contribution in [-0.2, 0) is 13.1 Å². The van der Waals surface area contributed by atoms with E-state index in [0.29, 0.717) is 17.9 Å². The molecule has 0 aromatic heterocycles. The smallest absolute Gasteiger partial charge is 0.162 e. The molecule has 1 aliphatic heterocycles. The van der Waals surface area contributed by atoms with Gasteiger partial charge in [0.05, 0.1) is 0 Å². The molecular formula is C13H16F3N. The van der Waals surface area contributed by atoms with E-state index >= 15 is 0 Å². The Kier molecular flexibility index (Phi) is 4.05. The average molecular weight is 243 g/mol. The number of nitrogens with one attached hydrogen (secondary N) is 1. The number of halogens is 3. The van der Waals surface area contributed by atoms with Crippen molar-refractivity contribution >= 4 is 0 Å². The van der Waals surface area contributed by atoms with Crippen LogP contribution in [0.5, 0.6) is 0 Å². The summed E-state index contributed by atoms with van der Waals surface area (Å²) in [4.78, 5) is 0. The fraction of sp³-hybridized carbons (Fsp3) is 0.538. The summed E-state index contributed by atoms with van der Waals surface area (Å²) in [6.45, 7) is 1.05. The molecule has 0 amide bonds. The van der Waals surface area contributed by atoms with Crippen LogP contribution in [0.15, 0.2) is 12.1 Å². The zero-order chi connectivity index (χ0) is 12.3. The Hall–Kier alpha value is -1.03. The van der Waals surface area contributed by atoms with Crippen molar-refractivity contribution in [1.82, 2.24) is 5.32 Å². The maximum atomic E-state index is 13.6. The van der Waals surface area contributed by atoms with Crippen molar-refractivity contribution in [3.8, 4) is 0 Å². The molecule has 1 N–H and O–H groups in total. The van der Waals surface area contributed by atoms with Gasteiger partial charge in [0, 0.05) is 0 Å². The highest BCUT2D eigenvalue weighted by Crippen LogP contribution is 2.22. The number of piperidine rings is 1. The van der Waals surface area contributed by atoms with Crippen LogP contribution < -0.4 is 5.32 Å². The van der Waals surface area contributed by atoms with Crippen molar-refractivity contribution in [2.24, 2.45) is 5.92 Å². The van der Waals surface area contributed by atoms with Crippen LogP contribution in [-0.4, -0.2) is 13.1 Å². The van der Waals surface area contributed by atoms with Gasteiger partial charge in [0.1, 0.15) is 6.67 Å². The van der Waals surface area contributed by atoms with E-state index in [0.717, 1.165) is 32.0 Å². The van der Waals surface area contributed by atoms with E-state index in [1.807, 2.05) is 0 Å². The Bertz CT molecular complexity index is 386. The number of benzene rings is 1. The maximum absolute atomic E-state index is 13.6. The summed E-state index contributed by atoms with van der Waals surface area (Å²) in [5.41, 5.74) is 0.508. The van der Waals surface area contributed by atoms with Crippen molar-refractivity contribution < 1.29 is 13.2 Å². The summed E-state index contributed by atoms with van der Waals surface area (Å²) >= 11 is 0. The van der Waals surface area contributed by atoms with Gasteiger partial charge in [-0.3, -0.25) is 0 Å². The molecule has 0 bridgehead atoms. The first-order valence-corrected chi connectivity index (χ1v) is 5.94. The second kappa shape index (κ2) is 5.54. The van der Waals surface area contributed by atoms with E-state index < -0.39 is 18.3 Å². The van der Waals surface area contributed by atoms with Gasteiger partial charge in [-0.1, -0.05) is 6.07 Å². The summed E-state index contributed by atoms with van der Waals surface area (Å²) in [7, 11) is 0. The normalized spacial score (nSPS) is 20.5. The van der Waals surface area contributed by atoms with Gasteiger partial charge >= 0.3 is 0 Å². The molecule has 0 aliphatic carbocycles. The van der Waals surface area contributed by atoms with Gasteiger partial charge in [-0.05, 0) is 55.5 Å². The van der Waals surface area contributed by atoms with Crippen molar-refractivity contribution in [3.05, 3.63) is 34.9 Å². The van der Waals surface area contributed by atoms with E-state index in [2.05, 4.69) is 5.32 Å². The van der Waals surface area contributed by atoms with Crippen LogP contribution >= 0.6 is 0 Å². The number of rotatable bonds is 3. The summed E-state index contributed by atoms with van der Waals surface area (Å²) in [5.74, 6) is -1.46. The summed E-state index contributed by atoms with van der Waals surface area (Å²) < 4.78 is 39.3. The first-order chi connectivity index (χ1) is 8.20. The Labute approximate surface area is 99.0 Å².